The molecule has 0 aromatic heterocycles. The van der Waals surface area contributed by atoms with E-state index in [0.29, 0.717) is 13.0 Å². The summed E-state index contributed by atoms with van der Waals surface area (Å²) in [6, 6.07) is -0.123. The zero-order valence-corrected chi connectivity index (χ0v) is 15.5. The van der Waals surface area contributed by atoms with Crippen molar-refractivity contribution in [3.05, 3.63) is 11.6 Å². The van der Waals surface area contributed by atoms with Crippen LogP contribution in [0.5, 0.6) is 0 Å². The van der Waals surface area contributed by atoms with Gasteiger partial charge in [-0.3, -0.25) is 14.5 Å². The largest absolute Gasteiger partial charge is 0.460 e. The first-order valence-corrected chi connectivity index (χ1v) is 8.80. The fourth-order valence-electron chi connectivity index (χ4n) is 4.00. The molecule has 144 valence electrons. The average molecular weight is 367 g/mol. The number of cyclic esters (lactones) is 1. The van der Waals surface area contributed by atoms with Crippen LogP contribution in [-0.4, -0.2) is 71.0 Å². The Morgan fingerprint density at radius 1 is 1.38 bits per heavy atom. The number of carbonyl (C=O) groups excluding carboxylic acids is 3. The number of hydrogen-bond acceptors (Lipinski definition) is 8. The summed E-state index contributed by atoms with van der Waals surface area (Å²) in [5, 5.41) is 10.9. The topological polar surface area (TPSA) is 102 Å². The summed E-state index contributed by atoms with van der Waals surface area (Å²) in [6.45, 7) is 6.65. The number of rotatable bonds is 1. The normalized spacial score (nSPS) is 40.8. The number of carbonyl (C=O) groups is 3. The van der Waals surface area contributed by atoms with Crippen LogP contribution in [0, 0.1) is 5.92 Å². The SMILES string of the molecule is CC(=O)O[C@@]1(C)[C@@H](C)C(=O)O[C@H]2CCN3CC=C(COC(=O)[C@@]1(C)O)[C@H]23. The summed E-state index contributed by atoms with van der Waals surface area (Å²) >= 11 is 0. The smallest absolute Gasteiger partial charge is 0.342 e. The highest BCUT2D eigenvalue weighted by molar-refractivity contribution is 5.84. The Kier molecular flexibility index (Phi) is 4.60. The van der Waals surface area contributed by atoms with Gasteiger partial charge in [-0.2, -0.15) is 0 Å². The maximum atomic E-state index is 12.8. The molecular formula is C18H25NO7. The van der Waals surface area contributed by atoms with E-state index in [-0.39, 0.29) is 18.8 Å². The maximum Gasteiger partial charge on any atom is 0.342 e. The molecule has 0 saturated carbocycles. The van der Waals surface area contributed by atoms with Gasteiger partial charge < -0.3 is 19.3 Å². The van der Waals surface area contributed by atoms with Gasteiger partial charge in [-0.1, -0.05) is 6.08 Å². The molecule has 5 atom stereocenters. The van der Waals surface area contributed by atoms with Gasteiger partial charge in [0.2, 0.25) is 0 Å². The third-order valence-corrected chi connectivity index (χ3v) is 5.95. The van der Waals surface area contributed by atoms with Gasteiger partial charge in [-0.15, -0.1) is 0 Å². The van der Waals surface area contributed by atoms with Crippen LogP contribution in [0.2, 0.25) is 0 Å². The van der Waals surface area contributed by atoms with E-state index in [1.807, 2.05) is 6.08 Å². The van der Waals surface area contributed by atoms with Gasteiger partial charge in [0.25, 0.3) is 0 Å². The summed E-state index contributed by atoms with van der Waals surface area (Å²) in [7, 11) is 0. The second-order valence-electron chi connectivity index (χ2n) is 7.55. The second kappa shape index (κ2) is 6.35. The number of esters is 3. The zero-order valence-electron chi connectivity index (χ0n) is 15.5. The lowest BCUT2D eigenvalue weighted by Gasteiger charge is -2.42. The minimum absolute atomic E-state index is 0.00523. The van der Waals surface area contributed by atoms with E-state index in [0.717, 1.165) is 19.0 Å². The van der Waals surface area contributed by atoms with Crippen molar-refractivity contribution in [3.63, 3.8) is 0 Å². The molecule has 0 aliphatic carbocycles. The van der Waals surface area contributed by atoms with E-state index < -0.39 is 35.0 Å². The van der Waals surface area contributed by atoms with Crippen LogP contribution in [0.25, 0.3) is 0 Å². The first-order chi connectivity index (χ1) is 12.1. The molecule has 0 bridgehead atoms. The van der Waals surface area contributed by atoms with Crippen LogP contribution in [0.15, 0.2) is 11.6 Å². The van der Waals surface area contributed by atoms with E-state index in [4.69, 9.17) is 14.2 Å². The molecule has 2 fully saturated rings. The highest BCUT2D eigenvalue weighted by atomic mass is 16.6. The molecule has 3 aliphatic heterocycles. The van der Waals surface area contributed by atoms with Gasteiger partial charge in [0, 0.05) is 20.0 Å². The van der Waals surface area contributed by atoms with Crippen molar-refractivity contribution in [2.75, 3.05) is 19.7 Å². The monoisotopic (exact) mass is 367 g/mol. The van der Waals surface area contributed by atoms with E-state index in [1.54, 1.807) is 0 Å². The highest BCUT2D eigenvalue weighted by Crippen LogP contribution is 2.39. The summed E-state index contributed by atoms with van der Waals surface area (Å²) in [4.78, 5) is 39.2. The Labute approximate surface area is 152 Å². The van der Waals surface area contributed by atoms with E-state index in [1.165, 1.54) is 20.8 Å². The number of ether oxygens (including phenoxy) is 3. The average Bonchev–Trinajstić information content (AvgIpc) is 3.13. The molecule has 0 spiro atoms. The van der Waals surface area contributed by atoms with Gasteiger partial charge >= 0.3 is 17.9 Å². The van der Waals surface area contributed by atoms with Gasteiger partial charge in [-0.25, -0.2) is 4.79 Å². The standard InChI is InChI=1S/C18H25NO7/c1-10-15(21)25-13-6-8-19-7-5-12(14(13)19)9-24-16(22)17(3,23)18(10,4)26-11(2)20/h5,10,13-14,23H,6-9H2,1-4H3/t10-,13-,14+,17+,18-/m0/s1. The number of nitrogens with zero attached hydrogens (tertiary/aromatic N) is 1. The molecule has 3 rings (SSSR count). The lowest BCUT2D eigenvalue weighted by molar-refractivity contribution is -0.218. The maximum absolute atomic E-state index is 12.8. The van der Waals surface area contributed by atoms with Crippen LogP contribution in [0.4, 0.5) is 0 Å². The zero-order chi connectivity index (χ0) is 19.3. The van der Waals surface area contributed by atoms with Crippen molar-refractivity contribution in [2.24, 2.45) is 5.92 Å². The Balaban J connectivity index is 2.01. The molecule has 0 radical (unpaired) electrons. The molecule has 0 unspecified atom stereocenters. The van der Waals surface area contributed by atoms with Crippen molar-refractivity contribution >= 4 is 17.9 Å². The Hall–Kier alpha value is -1.93. The summed E-state index contributed by atoms with van der Waals surface area (Å²) in [5.41, 5.74) is -3.21. The first-order valence-electron chi connectivity index (χ1n) is 8.80. The molecule has 0 aromatic rings. The van der Waals surface area contributed by atoms with E-state index in [2.05, 4.69) is 4.90 Å². The van der Waals surface area contributed by atoms with E-state index in [9.17, 15) is 19.5 Å². The number of aliphatic hydroxyl groups is 1. The lowest BCUT2D eigenvalue weighted by Crippen LogP contribution is -2.63. The Morgan fingerprint density at radius 2 is 2.08 bits per heavy atom. The molecule has 3 aliphatic rings. The molecular weight excluding hydrogens is 342 g/mol. The molecule has 0 aromatic carbocycles. The fourth-order valence-corrected chi connectivity index (χ4v) is 4.00. The first kappa shape index (κ1) is 18.8. The molecule has 8 nitrogen and oxygen atoms in total. The van der Waals surface area contributed by atoms with Crippen molar-refractivity contribution in [3.8, 4) is 0 Å². The summed E-state index contributed by atoms with van der Waals surface area (Å²) < 4.78 is 16.3. The molecule has 8 heteroatoms. The minimum Gasteiger partial charge on any atom is -0.460 e. The van der Waals surface area contributed by atoms with Crippen LogP contribution in [0.3, 0.4) is 0 Å². The van der Waals surface area contributed by atoms with Crippen molar-refractivity contribution in [1.29, 1.82) is 0 Å². The van der Waals surface area contributed by atoms with Crippen LogP contribution < -0.4 is 0 Å². The van der Waals surface area contributed by atoms with Gasteiger partial charge in [0.15, 0.2) is 11.2 Å². The van der Waals surface area contributed by atoms with Gasteiger partial charge in [0.1, 0.15) is 12.7 Å². The molecule has 1 N–H and O–H groups in total. The summed E-state index contributed by atoms with van der Waals surface area (Å²) in [6.07, 6.45) is 2.27. The highest BCUT2D eigenvalue weighted by Gasteiger charge is 2.59. The Bertz CT molecular complexity index is 670. The van der Waals surface area contributed by atoms with Gasteiger partial charge in [-0.05, 0) is 32.8 Å². The van der Waals surface area contributed by atoms with Crippen molar-refractivity contribution < 1.29 is 33.7 Å². The van der Waals surface area contributed by atoms with E-state index >= 15 is 0 Å². The molecule has 0 amide bonds. The van der Waals surface area contributed by atoms with Crippen molar-refractivity contribution in [1.82, 2.24) is 4.90 Å². The Morgan fingerprint density at radius 3 is 2.73 bits per heavy atom. The fraction of sp³-hybridized carbons (Fsp3) is 0.722. The molecule has 2 saturated heterocycles. The number of hydrogen-bond donors (Lipinski definition) is 1. The molecule has 26 heavy (non-hydrogen) atoms. The minimum atomic E-state index is -2.23. The van der Waals surface area contributed by atoms with Crippen LogP contribution >= 0.6 is 0 Å². The third-order valence-electron chi connectivity index (χ3n) is 5.95. The van der Waals surface area contributed by atoms with Gasteiger partial charge in [0.05, 0.1) is 12.0 Å². The second-order valence-corrected chi connectivity index (χ2v) is 7.55. The summed E-state index contributed by atoms with van der Waals surface area (Å²) in [5.74, 6) is -3.37. The third kappa shape index (κ3) is 2.81. The quantitative estimate of drug-likeness (QED) is 0.398. The van der Waals surface area contributed by atoms with Crippen LogP contribution in [0.1, 0.15) is 34.1 Å². The predicted molar refractivity (Wildman–Crippen MR) is 88.9 cm³/mol. The molecule has 3 heterocycles. The predicted octanol–water partition coefficient (Wildman–Crippen LogP) is 0.178. The van der Waals surface area contributed by atoms with Crippen molar-refractivity contribution in [2.45, 2.75) is 57.5 Å². The van der Waals surface area contributed by atoms with Crippen LogP contribution in [-0.2, 0) is 28.6 Å². The lowest BCUT2D eigenvalue weighted by atomic mass is 9.76.